The summed E-state index contributed by atoms with van der Waals surface area (Å²) in [6.07, 6.45) is 0. The molecule has 5 nitrogen and oxygen atoms in total. The fourth-order valence-corrected chi connectivity index (χ4v) is 1.83. The van der Waals surface area contributed by atoms with Gasteiger partial charge in [0.05, 0.1) is 6.61 Å². The number of anilines is 1. The Balaban J connectivity index is 2.81. The molecule has 0 aliphatic heterocycles. The smallest absolute Gasteiger partial charge is 0.254 e. The number of nitrogens with zero attached hydrogens (tertiary/aromatic N) is 2. The van der Waals surface area contributed by atoms with Crippen LogP contribution in [0.2, 0.25) is 0 Å². The highest BCUT2D eigenvalue weighted by Gasteiger charge is 2.15. The van der Waals surface area contributed by atoms with Gasteiger partial charge < -0.3 is 15.0 Å². The van der Waals surface area contributed by atoms with Crippen molar-refractivity contribution in [2.24, 2.45) is 0 Å². The molecule has 1 aromatic rings. The number of likely N-dealkylation sites (N-methyl/N-ethyl adjacent to an activating group) is 1. The van der Waals surface area contributed by atoms with Gasteiger partial charge in [-0.2, -0.15) is 0 Å². The van der Waals surface area contributed by atoms with Gasteiger partial charge in [0.25, 0.3) is 5.91 Å². The number of hydrogen-bond donors (Lipinski definition) is 1. The average molecular weight is 265 g/mol. The van der Waals surface area contributed by atoms with Gasteiger partial charge >= 0.3 is 0 Å². The molecule has 0 saturated carbocycles. The summed E-state index contributed by atoms with van der Waals surface area (Å²) in [6, 6.07) is 3.59. The fourth-order valence-electron chi connectivity index (χ4n) is 1.83. The van der Waals surface area contributed by atoms with Gasteiger partial charge in [0.2, 0.25) is 0 Å². The topological polar surface area (TPSA) is 54.5 Å². The van der Waals surface area contributed by atoms with Crippen molar-refractivity contribution in [2.45, 2.75) is 20.8 Å². The van der Waals surface area contributed by atoms with E-state index in [1.54, 1.807) is 18.0 Å². The number of carbonyl (C=O) groups excluding carboxylic acids is 1. The van der Waals surface area contributed by atoms with Crippen molar-refractivity contribution in [3.8, 4) is 0 Å². The summed E-state index contributed by atoms with van der Waals surface area (Å²) in [5.41, 5.74) is 1.49. The van der Waals surface area contributed by atoms with E-state index in [4.69, 9.17) is 4.74 Å². The number of pyridine rings is 1. The summed E-state index contributed by atoms with van der Waals surface area (Å²) in [7, 11) is 1.79. The van der Waals surface area contributed by atoms with E-state index >= 15 is 0 Å². The zero-order valence-corrected chi connectivity index (χ0v) is 12.2. The normalized spacial score (nSPS) is 10.3. The predicted octanol–water partition coefficient (Wildman–Crippen LogP) is 1.93. The number of aryl methyl sites for hydroxylation is 1. The van der Waals surface area contributed by atoms with Gasteiger partial charge in [-0.05, 0) is 32.9 Å². The molecular weight excluding hydrogens is 242 g/mol. The molecule has 1 N–H and O–H groups in total. The number of nitrogens with one attached hydrogen (secondary N) is 1. The van der Waals surface area contributed by atoms with Crippen molar-refractivity contribution in [3.63, 3.8) is 0 Å². The number of aromatic nitrogens is 1. The second kappa shape index (κ2) is 7.74. The highest BCUT2D eigenvalue weighted by atomic mass is 16.5. The minimum absolute atomic E-state index is 0.0178. The van der Waals surface area contributed by atoms with Crippen LogP contribution < -0.4 is 5.32 Å². The lowest BCUT2D eigenvalue weighted by atomic mass is 10.2. The molecule has 0 aromatic carbocycles. The van der Waals surface area contributed by atoms with E-state index in [0.717, 1.165) is 5.69 Å². The Kier molecular flexibility index (Phi) is 6.29. The Morgan fingerprint density at radius 1 is 1.42 bits per heavy atom. The SMILES string of the molecule is CCOCCN(CC)C(=O)c1cc(C)nc(NC)c1. The molecular formula is C14H23N3O2. The van der Waals surface area contributed by atoms with E-state index in [0.29, 0.717) is 37.7 Å². The Morgan fingerprint density at radius 3 is 2.74 bits per heavy atom. The second-order valence-corrected chi connectivity index (χ2v) is 4.21. The molecule has 106 valence electrons. The quantitative estimate of drug-likeness (QED) is 0.765. The molecule has 0 bridgehead atoms. The van der Waals surface area contributed by atoms with Crippen molar-refractivity contribution < 1.29 is 9.53 Å². The van der Waals surface area contributed by atoms with Crippen LogP contribution in [0.5, 0.6) is 0 Å². The lowest BCUT2D eigenvalue weighted by molar-refractivity contribution is 0.0669. The van der Waals surface area contributed by atoms with Gasteiger partial charge in [0, 0.05) is 38.0 Å². The molecule has 0 fully saturated rings. The summed E-state index contributed by atoms with van der Waals surface area (Å²) in [5, 5.41) is 2.97. The standard InChI is InChI=1S/C14H23N3O2/c1-5-17(7-8-19-6-2)14(18)12-9-11(3)16-13(10-12)15-4/h9-10H,5-8H2,1-4H3,(H,15,16). The summed E-state index contributed by atoms with van der Waals surface area (Å²) in [4.78, 5) is 18.5. The number of hydrogen-bond acceptors (Lipinski definition) is 4. The molecule has 0 spiro atoms. The van der Waals surface area contributed by atoms with E-state index in [-0.39, 0.29) is 5.91 Å². The van der Waals surface area contributed by atoms with Crippen LogP contribution in [0.4, 0.5) is 5.82 Å². The highest BCUT2D eigenvalue weighted by Crippen LogP contribution is 2.12. The van der Waals surface area contributed by atoms with Gasteiger partial charge in [-0.3, -0.25) is 4.79 Å². The van der Waals surface area contributed by atoms with Crippen molar-refractivity contribution in [3.05, 3.63) is 23.4 Å². The van der Waals surface area contributed by atoms with Crippen molar-refractivity contribution >= 4 is 11.7 Å². The van der Waals surface area contributed by atoms with Crippen LogP contribution in [0, 0.1) is 6.92 Å². The number of amides is 1. The molecule has 0 saturated heterocycles. The Bertz CT molecular complexity index is 421. The maximum absolute atomic E-state index is 12.4. The molecule has 0 radical (unpaired) electrons. The summed E-state index contributed by atoms with van der Waals surface area (Å²) < 4.78 is 5.30. The molecule has 1 heterocycles. The Morgan fingerprint density at radius 2 is 2.16 bits per heavy atom. The van der Waals surface area contributed by atoms with E-state index in [1.165, 1.54) is 0 Å². The Labute approximate surface area is 115 Å². The van der Waals surface area contributed by atoms with Crippen LogP contribution in [-0.4, -0.2) is 49.1 Å². The lowest BCUT2D eigenvalue weighted by Crippen LogP contribution is -2.34. The summed E-state index contributed by atoms with van der Waals surface area (Å²) in [5.74, 6) is 0.730. The Hall–Kier alpha value is -1.62. The van der Waals surface area contributed by atoms with Gasteiger partial charge in [-0.1, -0.05) is 0 Å². The van der Waals surface area contributed by atoms with Gasteiger partial charge in [0.15, 0.2) is 0 Å². The molecule has 1 amide bonds. The van der Waals surface area contributed by atoms with Crippen molar-refractivity contribution in [2.75, 3.05) is 38.7 Å². The van der Waals surface area contributed by atoms with Crippen LogP contribution in [0.3, 0.4) is 0 Å². The van der Waals surface area contributed by atoms with Crippen LogP contribution in [0.15, 0.2) is 12.1 Å². The van der Waals surface area contributed by atoms with Crippen molar-refractivity contribution in [1.82, 2.24) is 9.88 Å². The molecule has 0 aliphatic carbocycles. The zero-order valence-electron chi connectivity index (χ0n) is 12.2. The first kappa shape index (κ1) is 15.4. The third-order valence-corrected chi connectivity index (χ3v) is 2.84. The minimum Gasteiger partial charge on any atom is -0.380 e. The molecule has 19 heavy (non-hydrogen) atoms. The zero-order chi connectivity index (χ0) is 14.3. The highest BCUT2D eigenvalue weighted by molar-refractivity contribution is 5.95. The van der Waals surface area contributed by atoms with Gasteiger partial charge in [-0.15, -0.1) is 0 Å². The third kappa shape index (κ3) is 4.52. The average Bonchev–Trinajstić information content (AvgIpc) is 2.42. The number of rotatable bonds is 7. The van der Waals surface area contributed by atoms with Crippen LogP contribution in [0.1, 0.15) is 29.9 Å². The summed E-state index contributed by atoms with van der Waals surface area (Å²) >= 11 is 0. The fraction of sp³-hybridized carbons (Fsp3) is 0.571. The van der Waals surface area contributed by atoms with Crippen LogP contribution in [-0.2, 0) is 4.74 Å². The molecule has 5 heteroatoms. The van der Waals surface area contributed by atoms with E-state index in [2.05, 4.69) is 10.3 Å². The molecule has 1 rings (SSSR count). The predicted molar refractivity (Wildman–Crippen MR) is 76.6 cm³/mol. The first-order chi connectivity index (χ1) is 9.12. The first-order valence-corrected chi connectivity index (χ1v) is 6.65. The number of carbonyl (C=O) groups is 1. The maximum Gasteiger partial charge on any atom is 0.254 e. The van der Waals surface area contributed by atoms with Gasteiger partial charge in [-0.25, -0.2) is 4.98 Å². The number of ether oxygens (including phenoxy) is 1. The van der Waals surface area contributed by atoms with E-state index in [1.807, 2.05) is 26.8 Å². The molecule has 0 aliphatic rings. The van der Waals surface area contributed by atoms with Crippen LogP contribution in [0.25, 0.3) is 0 Å². The monoisotopic (exact) mass is 265 g/mol. The first-order valence-electron chi connectivity index (χ1n) is 6.65. The van der Waals surface area contributed by atoms with E-state index < -0.39 is 0 Å². The largest absolute Gasteiger partial charge is 0.380 e. The third-order valence-electron chi connectivity index (χ3n) is 2.84. The molecule has 0 atom stereocenters. The van der Waals surface area contributed by atoms with Crippen LogP contribution >= 0.6 is 0 Å². The van der Waals surface area contributed by atoms with Gasteiger partial charge in [0.1, 0.15) is 5.82 Å². The maximum atomic E-state index is 12.4. The molecule has 0 unspecified atom stereocenters. The van der Waals surface area contributed by atoms with E-state index in [9.17, 15) is 4.79 Å². The van der Waals surface area contributed by atoms with Crippen molar-refractivity contribution in [1.29, 1.82) is 0 Å². The second-order valence-electron chi connectivity index (χ2n) is 4.21. The summed E-state index contributed by atoms with van der Waals surface area (Å²) in [6.45, 7) is 8.32. The lowest BCUT2D eigenvalue weighted by Gasteiger charge is -2.21. The minimum atomic E-state index is 0.0178. The molecule has 1 aromatic heterocycles.